The number of anilines is 2. The molecule has 26 heavy (non-hydrogen) atoms. The van der Waals surface area contributed by atoms with E-state index in [0.29, 0.717) is 24.5 Å². The van der Waals surface area contributed by atoms with Crippen LogP contribution in [0.2, 0.25) is 0 Å². The summed E-state index contributed by atoms with van der Waals surface area (Å²) in [7, 11) is 0. The van der Waals surface area contributed by atoms with Gasteiger partial charge in [0.05, 0.1) is 4.92 Å². The van der Waals surface area contributed by atoms with Crippen molar-refractivity contribution in [3.8, 4) is 0 Å². The summed E-state index contributed by atoms with van der Waals surface area (Å²) in [4.78, 5) is 25.1. The Morgan fingerprint density at radius 3 is 2.58 bits per heavy atom. The zero-order valence-corrected chi connectivity index (χ0v) is 14.2. The summed E-state index contributed by atoms with van der Waals surface area (Å²) in [5.74, 6) is -0.335. The second-order valence-corrected chi connectivity index (χ2v) is 5.93. The number of hydrogen-bond acceptors (Lipinski definition) is 5. The molecular weight excluding hydrogens is 332 g/mol. The van der Waals surface area contributed by atoms with Gasteiger partial charge < -0.3 is 15.5 Å². The Hall–Kier alpha value is -3.19. The fourth-order valence-electron chi connectivity index (χ4n) is 2.84. The van der Waals surface area contributed by atoms with Gasteiger partial charge in [-0.3, -0.25) is 14.9 Å². The molecule has 1 amide bonds. The molecule has 134 valence electrons. The van der Waals surface area contributed by atoms with Gasteiger partial charge >= 0.3 is 0 Å². The Morgan fingerprint density at radius 2 is 1.88 bits per heavy atom. The first-order valence-electron chi connectivity index (χ1n) is 8.42. The number of nitrogens with zero attached hydrogens (tertiary/aromatic N) is 2. The number of nitrogens with one attached hydrogen (secondary N) is 2. The van der Waals surface area contributed by atoms with E-state index in [4.69, 9.17) is 0 Å². The van der Waals surface area contributed by atoms with Gasteiger partial charge in [-0.25, -0.2) is 0 Å². The van der Waals surface area contributed by atoms with Crippen molar-refractivity contribution in [2.24, 2.45) is 0 Å². The fourth-order valence-corrected chi connectivity index (χ4v) is 2.84. The number of benzene rings is 2. The first-order chi connectivity index (χ1) is 12.6. The Morgan fingerprint density at radius 1 is 1.15 bits per heavy atom. The summed E-state index contributed by atoms with van der Waals surface area (Å²) in [5.41, 5.74) is 1.88. The molecule has 0 spiro atoms. The first-order valence-corrected chi connectivity index (χ1v) is 8.42. The van der Waals surface area contributed by atoms with Gasteiger partial charge in [-0.2, -0.15) is 0 Å². The van der Waals surface area contributed by atoms with Crippen LogP contribution in [0.15, 0.2) is 54.6 Å². The van der Waals surface area contributed by atoms with Crippen molar-refractivity contribution in [3.05, 3.63) is 70.3 Å². The lowest BCUT2D eigenvalue weighted by molar-refractivity contribution is -0.384. The summed E-state index contributed by atoms with van der Waals surface area (Å²) in [5, 5.41) is 17.3. The molecule has 7 heteroatoms. The average molecular weight is 352 g/mol. The van der Waals surface area contributed by atoms with Gasteiger partial charge in [0.25, 0.3) is 5.69 Å². The van der Waals surface area contributed by atoms with Crippen LogP contribution in [0, 0.1) is 10.1 Å². The molecule has 1 saturated heterocycles. The molecule has 0 aliphatic carbocycles. The van der Waals surface area contributed by atoms with Crippen LogP contribution in [0.25, 0.3) is 6.08 Å². The quantitative estimate of drug-likeness (QED) is 0.491. The van der Waals surface area contributed by atoms with Crippen LogP contribution in [-0.4, -0.2) is 37.0 Å². The number of carbonyl (C=O) groups is 1. The van der Waals surface area contributed by atoms with E-state index in [1.165, 1.54) is 12.1 Å². The monoisotopic (exact) mass is 352 g/mol. The predicted octanol–water partition coefficient (Wildman–Crippen LogP) is 2.66. The van der Waals surface area contributed by atoms with Crippen molar-refractivity contribution >= 4 is 29.0 Å². The van der Waals surface area contributed by atoms with Crippen LogP contribution in [0.3, 0.4) is 0 Å². The molecule has 0 atom stereocenters. The van der Waals surface area contributed by atoms with Gasteiger partial charge in [-0.1, -0.05) is 30.3 Å². The molecule has 2 aromatic carbocycles. The SMILES string of the molecule is O=C(/C=C/c1ccccc1)Nc1ccc(N2CCNCC2)c([N+](=O)[O-])c1. The zero-order chi connectivity index (χ0) is 18.4. The van der Waals surface area contributed by atoms with E-state index < -0.39 is 4.92 Å². The minimum absolute atomic E-state index is 0.00302. The molecule has 0 saturated carbocycles. The van der Waals surface area contributed by atoms with E-state index in [9.17, 15) is 14.9 Å². The van der Waals surface area contributed by atoms with E-state index in [-0.39, 0.29) is 11.6 Å². The largest absolute Gasteiger partial charge is 0.363 e. The van der Waals surface area contributed by atoms with Crippen molar-refractivity contribution in [2.75, 3.05) is 36.4 Å². The molecule has 2 aromatic rings. The molecule has 3 rings (SSSR count). The highest BCUT2D eigenvalue weighted by atomic mass is 16.6. The lowest BCUT2D eigenvalue weighted by Crippen LogP contribution is -2.43. The van der Waals surface area contributed by atoms with E-state index in [1.807, 2.05) is 35.2 Å². The molecule has 0 bridgehead atoms. The molecule has 0 unspecified atom stereocenters. The number of hydrogen-bond donors (Lipinski definition) is 2. The van der Waals surface area contributed by atoms with Gasteiger partial charge in [0.15, 0.2) is 0 Å². The Balaban J connectivity index is 1.73. The first kappa shape index (κ1) is 17.6. The number of carbonyl (C=O) groups excluding carboxylic acids is 1. The fraction of sp³-hybridized carbons (Fsp3) is 0.211. The van der Waals surface area contributed by atoms with Crippen LogP contribution in [0.4, 0.5) is 17.1 Å². The number of piperazine rings is 1. The molecule has 7 nitrogen and oxygen atoms in total. The highest BCUT2D eigenvalue weighted by molar-refractivity contribution is 6.02. The normalized spacial score (nSPS) is 14.4. The molecule has 0 radical (unpaired) electrons. The van der Waals surface area contributed by atoms with Crippen molar-refractivity contribution in [2.45, 2.75) is 0 Å². The third kappa shape index (κ3) is 4.46. The van der Waals surface area contributed by atoms with Crippen LogP contribution in [-0.2, 0) is 4.79 Å². The van der Waals surface area contributed by atoms with Gasteiger partial charge in [-0.15, -0.1) is 0 Å². The molecule has 1 aliphatic rings. The molecular formula is C19H20N4O3. The van der Waals surface area contributed by atoms with E-state index in [2.05, 4.69) is 10.6 Å². The van der Waals surface area contributed by atoms with Gasteiger partial charge in [0.1, 0.15) is 5.69 Å². The maximum Gasteiger partial charge on any atom is 0.294 e. The number of nitro groups is 1. The van der Waals surface area contributed by atoms with E-state index >= 15 is 0 Å². The second kappa shape index (κ2) is 8.26. The third-order valence-electron chi connectivity index (χ3n) is 4.12. The average Bonchev–Trinajstić information content (AvgIpc) is 2.68. The van der Waals surface area contributed by atoms with Crippen LogP contribution < -0.4 is 15.5 Å². The van der Waals surface area contributed by atoms with Crippen molar-refractivity contribution in [3.63, 3.8) is 0 Å². The summed E-state index contributed by atoms with van der Waals surface area (Å²) in [6.07, 6.45) is 3.10. The molecule has 1 aliphatic heterocycles. The zero-order valence-electron chi connectivity index (χ0n) is 14.2. The maximum absolute atomic E-state index is 12.1. The van der Waals surface area contributed by atoms with Gasteiger partial charge in [-0.05, 0) is 23.8 Å². The van der Waals surface area contributed by atoms with Crippen molar-refractivity contribution in [1.82, 2.24) is 5.32 Å². The highest BCUT2D eigenvalue weighted by Crippen LogP contribution is 2.31. The minimum Gasteiger partial charge on any atom is -0.363 e. The molecule has 1 heterocycles. The number of rotatable bonds is 5. The lowest BCUT2D eigenvalue weighted by atomic mass is 10.2. The molecule has 1 fully saturated rings. The number of nitro benzene ring substituents is 1. The van der Waals surface area contributed by atoms with Crippen LogP contribution in [0.1, 0.15) is 5.56 Å². The summed E-state index contributed by atoms with van der Waals surface area (Å²) in [6.45, 7) is 3.01. The summed E-state index contributed by atoms with van der Waals surface area (Å²) >= 11 is 0. The predicted molar refractivity (Wildman–Crippen MR) is 102 cm³/mol. The van der Waals surface area contributed by atoms with Gasteiger partial charge in [0.2, 0.25) is 5.91 Å². The van der Waals surface area contributed by atoms with Crippen LogP contribution in [0.5, 0.6) is 0 Å². The summed E-state index contributed by atoms with van der Waals surface area (Å²) < 4.78 is 0. The molecule has 0 aromatic heterocycles. The second-order valence-electron chi connectivity index (χ2n) is 5.93. The lowest BCUT2D eigenvalue weighted by Gasteiger charge is -2.29. The Labute approximate surface area is 151 Å². The smallest absolute Gasteiger partial charge is 0.294 e. The number of amides is 1. The highest BCUT2D eigenvalue weighted by Gasteiger charge is 2.21. The molecule has 2 N–H and O–H groups in total. The van der Waals surface area contributed by atoms with E-state index in [1.54, 1.807) is 18.2 Å². The third-order valence-corrected chi connectivity index (χ3v) is 4.12. The summed E-state index contributed by atoms with van der Waals surface area (Å²) in [6, 6.07) is 14.2. The van der Waals surface area contributed by atoms with E-state index in [0.717, 1.165) is 18.7 Å². The van der Waals surface area contributed by atoms with Gasteiger partial charge in [0, 0.05) is 44.0 Å². The van der Waals surface area contributed by atoms with Crippen molar-refractivity contribution in [1.29, 1.82) is 0 Å². The standard InChI is InChI=1S/C19H20N4O3/c24-19(9-6-15-4-2-1-3-5-15)21-16-7-8-17(18(14-16)23(25)26)22-12-10-20-11-13-22/h1-9,14,20H,10-13H2,(H,21,24)/b9-6+. The Bertz CT molecular complexity index is 815. The van der Waals surface area contributed by atoms with Crippen LogP contribution >= 0.6 is 0 Å². The minimum atomic E-state index is -0.410. The topological polar surface area (TPSA) is 87.5 Å². The van der Waals surface area contributed by atoms with Crippen molar-refractivity contribution < 1.29 is 9.72 Å². The Kier molecular flexibility index (Phi) is 5.60. The maximum atomic E-state index is 12.1.